The zero-order chi connectivity index (χ0) is 17.9. The number of hydrogen-bond donors (Lipinski definition) is 1. The molecule has 1 fully saturated rings. The van der Waals surface area contributed by atoms with Crippen LogP contribution >= 0.6 is 0 Å². The number of benzene rings is 1. The first-order chi connectivity index (χ1) is 12.8. The minimum Gasteiger partial charge on any atom is -0.437 e. The fraction of sp³-hybridized carbons (Fsp3) is 0.333. The van der Waals surface area contributed by atoms with Crippen molar-refractivity contribution in [2.75, 3.05) is 18.5 Å². The number of nitrogens with one attached hydrogen (secondary N) is 1. The summed E-state index contributed by atoms with van der Waals surface area (Å²) in [5.74, 6) is 1.59. The minimum atomic E-state index is 0.240. The van der Waals surface area contributed by atoms with Gasteiger partial charge in [0.1, 0.15) is 17.9 Å². The molecule has 5 nitrogen and oxygen atoms in total. The van der Waals surface area contributed by atoms with Crippen molar-refractivity contribution in [1.29, 1.82) is 0 Å². The highest BCUT2D eigenvalue weighted by atomic mass is 16.5. The average molecular weight is 349 g/mol. The summed E-state index contributed by atoms with van der Waals surface area (Å²) in [7, 11) is 0. The molecule has 5 heteroatoms. The van der Waals surface area contributed by atoms with Gasteiger partial charge in [0.05, 0.1) is 11.5 Å². The van der Waals surface area contributed by atoms with Gasteiger partial charge in [-0.25, -0.2) is 9.97 Å². The van der Waals surface area contributed by atoms with Crippen molar-refractivity contribution in [2.45, 2.75) is 32.8 Å². The Morgan fingerprint density at radius 2 is 2.23 bits per heavy atom. The van der Waals surface area contributed by atoms with E-state index in [1.54, 1.807) is 6.33 Å². The third-order valence-corrected chi connectivity index (χ3v) is 4.66. The van der Waals surface area contributed by atoms with E-state index in [1.807, 2.05) is 19.1 Å². The Hall–Kier alpha value is -2.66. The maximum absolute atomic E-state index is 6.04. The molecule has 0 aliphatic carbocycles. The van der Waals surface area contributed by atoms with Crippen molar-refractivity contribution in [3.8, 4) is 11.1 Å². The maximum atomic E-state index is 6.04. The van der Waals surface area contributed by atoms with Crippen LogP contribution in [0.15, 0.2) is 41.1 Å². The van der Waals surface area contributed by atoms with E-state index in [4.69, 9.17) is 9.15 Å². The van der Waals surface area contributed by atoms with Crippen molar-refractivity contribution in [3.63, 3.8) is 0 Å². The number of allylic oxidation sites excluding steroid dienone is 1. The van der Waals surface area contributed by atoms with E-state index in [1.165, 1.54) is 5.56 Å². The number of fused-ring (bicyclic) bond motifs is 1. The molecule has 2 aromatic heterocycles. The van der Waals surface area contributed by atoms with Crippen molar-refractivity contribution in [1.82, 2.24) is 9.97 Å². The van der Waals surface area contributed by atoms with Crippen LogP contribution in [0.2, 0.25) is 0 Å². The number of rotatable bonds is 5. The first kappa shape index (κ1) is 16.8. The lowest BCUT2D eigenvalue weighted by atomic mass is 10.0. The molecule has 3 heterocycles. The molecule has 1 aromatic carbocycles. The van der Waals surface area contributed by atoms with E-state index in [0.717, 1.165) is 54.1 Å². The molecule has 1 aliphatic heterocycles. The van der Waals surface area contributed by atoms with Gasteiger partial charge in [0.25, 0.3) is 0 Å². The van der Waals surface area contributed by atoms with Gasteiger partial charge in [-0.15, -0.1) is 0 Å². The van der Waals surface area contributed by atoms with Gasteiger partial charge >= 0.3 is 0 Å². The van der Waals surface area contributed by atoms with E-state index in [0.29, 0.717) is 5.71 Å². The molecule has 1 saturated heterocycles. The lowest BCUT2D eigenvalue weighted by Gasteiger charge is -2.12. The number of hydrogen-bond acceptors (Lipinski definition) is 5. The lowest BCUT2D eigenvalue weighted by molar-refractivity contribution is 0.120. The van der Waals surface area contributed by atoms with E-state index in [2.05, 4.69) is 46.5 Å². The topological polar surface area (TPSA) is 60.2 Å². The quantitative estimate of drug-likeness (QED) is 0.715. The van der Waals surface area contributed by atoms with Crippen molar-refractivity contribution < 1.29 is 9.15 Å². The second-order valence-corrected chi connectivity index (χ2v) is 6.63. The number of aromatic nitrogens is 2. The highest BCUT2D eigenvalue weighted by Gasteiger charge is 2.21. The molecule has 0 saturated carbocycles. The zero-order valence-electron chi connectivity index (χ0n) is 15.2. The second kappa shape index (κ2) is 7.30. The van der Waals surface area contributed by atoms with Crippen LogP contribution in [-0.2, 0) is 4.74 Å². The molecule has 0 amide bonds. The minimum absolute atomic E-state index is 0.240. The first-order valence-electron chi connectivity index (χ1n) is 9.09. The summed E-state index contributed by atoms with van der Waals surface area (Å²) in [5, 5.41) is 4.37. The van der Waals surface area contributed by atoms with Crippen molar-refractivity contribution in [3.05, 3.63) is 48.0 Å². The fourth-order valence-corrected chi connectivity index (χ4v) is 3.46. The van der Waals surface area contributed by atoms with E-state index < -0.39 is 0 Å². The van der Waals surface area contributed by atoms with Crippen LogP contribution in [0.5, 0.6) is 0 Å². The summed E-state index contributed by atoms with van der Waals surface area (Å²) in [6, 6.07) is 8.41. The molecule has 1 aliphatic rings. The van der Waals surface area contributed by atoms with Gasteiger partial charge < -0.3 is 14.5 Å². The summed E-state index contributed by atoms with van der Waals surface area (Å²) in [5.41, 5.74) is 3.93. The van der Waals surface area contributed by atoms with Crippen molar-refractivity contribution >= 4 is 23.0 Å². The van der Waals surface area contributed by atoms with Gasteiger partial charge in [-0.3, -0.25) is 0 Å². The Morgan fingerprint density at radius 1 is 1.31 bits per heavy atom. The molecule has 1 atom stereocenters. The molecule has 1 N–H and O–H groups in total. The molecule has 1 unspecified atom stereocenters. The number of ether oxygens (including phenoxy) is 1. The van der Waals surface area contributed by atoms with Crippen LogP contribution in [0.25, 0.3) is 28.3 Å². The SMILES string of the molecule is C/C=C/c1oc2ncnc(NCC3CCCO3)c2c1-c1cccc(C)c1. The number of aryl methyl sites for hydroxylation is 1. The molecule has 0 bridgehead atoms. The molecule has 3 aromatic rings. The molecule has 0 radical (unpaired) electrons. The van der Waals surface area contributed by atoms with E-state index >= 15 is 0 Å². The van der Waals surface area contributed by atoms with Crippen LogP contribution in [-0.4, -0.2) is 29.2 Å². The lowest BCUT2D eigenvalue weighted by Crippen LogP contribution is -2.19. The highest BCUT2D eigenvalue weighted by Crippen LogP contribution is 2.38. The van der Waals surface area contributed by atoms with Crippen LogP contribution in [0.3, 0.4) is 0 Å². The van der Waals surface area contributed by atoms with Crippen LogP contribution in [0.4, 0.5) is 5.82 Å². The number of anilines is 1. The summed E-state index contributed by atoms with van der Waals surface area (Å²) in [4.78, 5) is 8.84. The summed E-state index contributed by atoms with van der Waals surface area (Å²) >= 11 is 0. The van der Waals surface area contributed by atoms with Crippen LogP contribution < -0.4 is 5.32 Å². The zero-order valence-corrected chi connectivity index (χ0v) is 15.2. The molecular weight excluding hydrogens is 326 g/mol. The Kier molecular flexibility index (Phi) is 4.71. The molecular formula is C21H23N3O2. The number of nitrogens with zero attached hydrogens (tertiary/aromatic N) is 2. The maximum Gasteiger partial charge on any atom is 0.232 e. The predicted molar refractivity (Wildman–Crippen MR) is 104 cm³/mol. The third kappa shape index (κ3) is 3.22. The Balaban J connectivity index is 1.82. The predicted octanol–water partition coefficient (Wildman–Crippen LogP) is 4.82. The molecule has 26 heavy (non-hydrogen) atoms. The normalized spacial score (nSPS) is 17.4. The average Bonchev–Trinajstić information content (AvgIpc) is 3.28. The summed E-state index contributed by atoms with van der Waals surface area (Å²) < 4.78 is 11.8. The van der Waals surface area contributed by atoms with E-state index in [-0.39, 0.29) is 6.10 Å². The Bertz CT molecular complexity index is 940. The van der Waals surface area contributed by atoms with Gasteiger partial charge in [0, 0.05) is 18.7 Å². The molecule has 134 valence electrons. The first-order valence-corrected chi connectivity index (χ1v) is 9.09. The van der Waals surface area contributed by atoms with Gasteiger partial charge in [-0.2, -0.15) is 0 Å². The largest absolute Gasteiger partial charge is 0.437 e. The number of furan rings is 1. The van der Waals surface area contributed by atoms with Gasteiger partial charge in [-0.1, -0.05) is 35.9 Å². The third-order valence-electron chi connectivity index (χ3n) is 4.66. The summed E-state index contributed by atoms with van der Waals surface area (Å²) in [6.07, 6.45) is 7.94. The Morgan fingerprint density at radius 3 is 3.00 bits per heavy atom. The second-order valence-electron chi connectivity index (χ2n) is 6.63. The standard InChI is InChI=1S/C21H23N3O2/c1-3-6-17-18(15-8-4-7-14(2)11-15)19-20(23-13-24-21(19)26-17)22-12-16-9-5-10-25-16/h3-4,6-8,11,13,16H,5,9-10,12H2,1-2H3,(H,22,23,24)/b6-3+. The van der Waals surface area contributed by atoms with Crippen LogP contribution in [0.1, 0.15) is 31.1 Å². The van der Waals surface area contributed by atoms with Gasteiger partial charge in [0.2, 0.25) is 5.71 Å². The van der Waals surface area contributed by atoms with Crippen LogP contribution in [0, 0.1) is 6.92 Å². The van der Waals surface area contributed by atoms with E-state index in [9.17, 15) is 0 Å². The molecule has 0 spiro atoms. The molecule has 4 rings (SSSR count). The summed E-state index contributed by atoms with van der Waals surface area (Å²) in [6.45, 7) is 5.66. The fourth-order valence-electron chi connectivity index (χ4n) is 3.46. The van der Waals surface area contributed by atoms with Gasteiger partial charge in [0.15, 0.2) is 0 Å². The smallest absolute Gasteiger partial charge is 0.232 e. The van der Waals surface area contributed by atoms with Crippen molar-refractivity contribution in [2.24, 2.45) is 0 Å². The Labute approximate surface area is 153 Å². The highest BCUT2D eigenvalue weighted by molar-refractivity contribution is 6.03. The monoisotopic (exact) mass is 349 g/mol. The van der Waals surface area contributed by atoms with Gasteiger partial charge in [-0.05, 0) is 38.3 Å².